The molecular weight excluding hydrogens is 326 g/mol. The first-order valence-electron chi connectivity index (χ1n) is 8.08. The molecule has 0 unspecified atom stereocenters. The molecule has 1 fully saturated rings. The number of thioether (sulfide) groups is 1. The fourth-order valence-electron chi connectivity index (χ4n) is 3.26. The summed E-state index contributed by atoms with van der Waals surface area (Å²) in [6.45, 7) is 11.0. The zero-order chi connectivity index (χ0) is 17.2. The second-order valence-corrected chi connectivity index (χ2v) is 9.51. The summed E-state index contributed by atoms with van der Waals surface area (Å²) >= 11 is 1.65. The molecule has 0 spiro atoms. The Balaban J connectivity index is 2.35. The summed E-state index contributed by atoms with van der Waals surface area (Å²) in [6.07, 6.45) is 3.75. The number of aryl methyl sites for hydroxylation is 1. The van der Waals surface area contributed by atoms with Crippen molar-refractivity contribution in [2.24, 2.45) is 11.8 Å². The molecule has 1 aliphatic rings. The van der Waals surface area contributed by atoms with Crippen LogP contribution in [-0.2, 0) is 10.0 Å². The van der Waals surface area contributed by atoms with Gasteiger partial charge in [-0.2, -0.15) is 4.31 Å². The van der Waals surface area contributed by atoms with Gasteiger partial charge in [-0.3, -0.25) is 0 Å². The summed E-state index contributed by atoms with van der Waals surface area (Å²) in [5.74, 6) is 0.693. The third kappa shape index (κ3) is 4.01. The van der Waals surface area contributed by atoms with E-state index in [-0.39, 0.29) is 12.0 Å². The molecule has 1 aliphatic heterocycles. The van der Waals surface area contributed by atoms with Crippen molar-refractivity contribution in [3.05, 3.63) is 41.3 Å². The first-order chi connectivity index (χ1) is 10.8. The summed E-state index contributed by atoms with van der Waals surface area (Å²) < 4.78 is 27.9. The van der Waals surface area contributed by atoms with Crippen molar-refractivity contribution in [1.29, 1.82) is 0 Å². The van der Waals surface area contributed by atoms with Gasteiger partial charge in [0, 0.05) is 18.5 Å². The molecule has 2 atom stereocenters. The van der Waals surface area contributed by atoms with Crippen molar-refractivity contribution in [2.45, 2.75) is 44.6 Å². The predicted molar refractivity (Wildman–Crippen MR) is 99.1 cm³/mol. The van der Waals surface area contributed by atoms with Gasteiger partial charge < -0.3 is 0 Å². The van der Waals surface area contributed by atoms with E-state index in [1.807, 2.05) is 25.3 Å². The molecule has 0 saturated carbocycles. The van der Waals surface area contributed by atoms with Crippen molar-refractivity contribution in [3.63, 3.8) is 0 Å². The maximum Gasteiger partial charge on any atom is 0.243 e. The van der Waals surface area contributed by atoms with E-state index in [0.717, 1.165) is 23.3 Å². The second-order valence-electron chi connectivity index (χ2n) is 6.69. The molecule has 3 nitrogen and oxygen atoms in total. The van der Waals surface area contributed by atoms with Gasteiger partial charge in [-0.05, 0) is 49.0 Å². The maximum absolute atomic E-state index is 13.1. The first kappa shape index (κ1) is 18.6. The monoisotopic (exact) mass is 353 g/mol. The molecule has 1 aromatic rings. The Morgan fingerprint density at radius 1 is 1.35 bits per heavy atom. The van der Waals surface area contributed by atoms with Crippen molar-refractivity contribution in [1.82, 2.24) is 4.31 Å². The Hall–Kier alpha value is -0.780. The average molecular weight is 354 g/mol. The molecule has 0 aromatic heterocycles. The van der Waals surface area contributed by atoms with Gasteiger partial charge in [0.15, 0.2) is 0 Å². The van der Waals surface area contributed by atoms with Crippen LogP contribution in [0.3, 0.4) is 0 Å². The minimum Gasteiger partial charge on any atom is -0.207 e. The SMILES string of the molecule is C=C(SC)[C@@H]1CCN(S(=O)(=O)c2ccc(C)cc2)[C@H]1CC(C)C. The van der Waals surface area contributed by atoms with Crippen molar-refractivity contribution in [3.8, 4) is 0 Å². The van der Waals surface area contributed by atoms with Gasteiger partial charge in [-0.15, -0.1) is 11.8 Å². The summed E-state index contributed by atoms with van der Waals surface area (Å²) in [5.41, 5.74) is 1.07. The smallest absolute Gasteiger partial charge is 0.207 e. The molecule has 0 aliphatic carbocycles. The lowest BCUT2D eigenvalue weighted by atomic mass is 9.93. The normalized spacial score (nSPS) is 22.7. The van der Waals surface area contributed by atoms with Crippen molar-refractivity contribution < 1.29 is 8.42 Å². The molecule has 5 heteroatoms. The Labute approximate surface area is 145 Å². The van der Waals surface area contributed by atoms with Gasteiger partial charge in [0.1, 0.15) is 0 Å². The Morgan fingerprint density at radius 3 is 2.48 bits per heavy atom. The van der Waals surface area contributed by atoms with E-state index < -0.39 is 10.0 Å². The summed E-state index contributed by atoms with van der Waals surface area (Å²) in [5, 5.41) is 0. The number of nitrogens with zero attached hydrogens (tertiary/aromatic N) is 1. The van der Waals surface area contributed by atoms with Crippen LogP contribution in [0.2, 0.25) is 0 Å². The van der Waals surface area contributed by atoms with Crippen LogP contribution in [0.15, 0.2) is 40.6 Å². The van der Waals surface area contributed by atoms with E-state index in [1.165, 1.54) is 0 Å². The van der Waals surface area contributed by atoms with Crippen molar-refractivity contribution >= 4 is 21.8 Å². The molecule has 0 amide bonds. The van der Waals surface area contributed by atoms with E-state index in [2.05, 4.69) is 20.4 Å². The number of hydrogen-bond acceptors (Lipinski definition) is 3. The van der Waals surface area contributed by atoms with Gasteiger partial charge in [0.05, 0.1) is 4.90 Å². The Kier molecular flexibility index (Phi) is 5.98. The van der Waals surface area contributed by atoms with Gasteiger partial charge in [-0.1, -0.05) is 38.1 Å². The van der Waals surface area contributed by atoms with Crippen LogP contribution in [-0.4, -0.2) is 31.6 Å². The molecule has 0 N–H and O–H groups in total. The molecule has 128 valence electrons. The van der Waals surface area contributed by atoms with Crippen molar-refractivity contribution in [2.75, 3.05) is 12.8 Å². The minimum absolute atomic E-state index is 0.0150. The molecule has 23 heavy (non-hydrogen) atoms. The molecule has 1 saturated heterocycles. The van der Waals surface area contributed by atoms with E-state index >= 15 is 0 Å². The highest BCUT2D eigenvalue weighted by Gasteiger charge is 2.42. The molecule has 1 heterocycles. The van der Waals surface area contributed by atoms with Crippen LogP contribution in [0.25, 0.3) is 0 Å². The molecule has 1 aromatic carbocycles. The van der Waals surface area contributed by atoms with Crippen LogP contribution < -0.4 is 0 Å². The summed E-state index contributed by atoms with van der Waals surface area (Å²) in [6, 6.07) is 7.17. The predicted octanol–water partition coefficient (Wildman–Crippen LogP) is 4.30. The molecular formula is C18H27NO2S2. The topological polar surface area (TPSA) is 37.4 Å². The Bertz CT molecular complexity index is 650. The number of benzene rings is 1. The van der Waals surface area contributed by atoms with Crippen LogP contribution in [0, 0.1) is 18.8 Å². The highest BCUT2D eigenvalue weighted by Crippen LogP contribution is 2.39. The number of hydrogen-bond donors (Lipinski definition) is 0. The van der Waals surface area contributed by atoms with Crippen LogP contribution in [0.1, 0.15) is 32.3 Å². The lowest BCUT2D eigenvalue weighted by Gasteiger charge is -2.29. The van der Waals surface area contributed by atoms with Gasteiger partial charge >= 0.3 is 0 Å². The van der Waals surface area contributed by atoms with E-state index in [9.17, 15) is 8.42 Å². The fourth-order valence-corrected chi connectivity index (χ4v) is 5.52. The highest BCUT2D eigenvalue weighted by molar-refractivity contribution is 8.02. The van der Waals surface area contributed by atoms with Crippen LogP contribution >= 0.6 is 11.8 Å². The average Bonchev–Trinajstić information content (AvgIpc) is 2.90. The zero-order valence-corrected chi connectivity index (χ0v) is 16.1. The van der Waals surface area contributed by atoms with E-state index in [4.69, 9.17) is 0 Å². The quantitative estimate of drug-likeness (QED) is 0.765. The highest BCUT2D eigenvalue weighted by atomic mass is 32.2. The first-order valence-corrected chi connectivity index (χ1v) is 10.7. The van der Waals surface area contributed by atoms with Crippen LogP contribution in [0.4, 0.5) is 0 Å². The van der Waals surface area contributed by atoms with Crippen LogP contribution in [0.5, 0.6) is 0 Å². The second kappa shape index (κ2) is 7.41. The van der Waals surface area contributed by atoms with E-state index in [1.54, 1.807) is 28.2 Å². The lowest BCUT2D eigenvalue weighted by Crippen LogP contribution is -2.39. The van der Waals surface area contributed by atoms with Gasteiger partial charge in [0.25, 0.3) is 0 Å². The van der Waals surface area contributed by atoms with Gasteiger partial charge in [-0.25, -0.2) is 8.42 Å². The van der Waals surface area contributed by atoms with E-state index in [0.29, 0.717) is 17.4 Å². The van der Waals surface area contributed by atoms with Gasteiger partial charge in [0.2, 0.25) is 10.0 Å². The molecule has 2 rings (SSSR count). The molecule has 0 bridgehead atoms. The fraction of sp³-hybridized carbons (Fsp3) is 0.556. The lowest BCUT2D eigenvalue weighted by molar-refractivity contribution is 0.310. The summed E-state index contributed by atoms with van der Waals surface area (Å²) in [7, 11) is -3.44. The largest absolute Gasteiger partial charge is 0.243 e. The number of sulfonamides is 1. The zero-order valence-electron chi connectivity index (χ0n) is 14.5. The summed E-state index contributed by atoms with van der Waals surface area (Å²) in [4.78, 5) is 1.49. The third-order valence-corrected chi connectivity index (χ3v) is 7.28. The standard InChI is InChI=1S/C18H27NO2S2/c1-13(2)12-18-17(15(4)22-5)10-11-19(18)23(20,21)16-8-6-14(3)7-9-16/h6-9,13,17-18H,4,10-12H2,1-3,5H3/t17-,18-/m0/s1. The molecule has 0 radical (unpaired) electrons. The maximum atomic E-state index is 13.1. The number of rotatable bonds is 6. The minimum atomic E-state index is -3.44. The third-order valence-electron chi connectivity index (χ3n) is 4.51. The Morgan fingerprint density at radius 2 is 1.96 bits per heavy atom.